The molecular weight excluding hydrogens is 259 g/mol. The molecule has 0 radical (unpaired) electrons. The molecule has 0 aliphatic rings. The minimum Gasteiger partial charge on any atom is -0.444 e. The summed E-state index contributed by atoms with van der Waals surface area (Å²) in [7, 11) is 0. The van der Waals surface area contributed by atoms with Gasteiger partial charge in [-0.3, -0.25) is 4.79 Å². The highest BCUT2D eigenvalue weighted by Crippen LogP contribution is 2.09. The predicted molar refractivity (Wildman–Crippen MR) is 72.5 cm³/mol. The number of nitrogens with zero attached hydrogens (tertiary/aromatic N) is 1. The average Bonchev–Trinajstić information content (AvgIpc) is 2.74. The van der Waals surface area contributed by atoms with Crippen molar-refractivity contribution >= 4 is 5.91 Å². The van der Waals surface area contributed by atoms with Gasteiger partial charge in [-0.15, -0.1) is 0 Å². The summed E-state index contributed by atoms with van der Waals surface area (Å²) >= 11 is 0. The SMILES string of the molecule is Cc1nc(C)c(CNC(=O)CCc2ccc(F)cc2)o1. The van der Waals surface area contributed by atoms with Gasteiger partial charge in [-0.05, 0) is 31.0 Å². The Morgan fingerprint density at radius 2 is 2.00 bits per heavy atom. The maximum Gasteiger partial charge on any atom is 0.220 e. The van der Waals surface area contributed by atoms with Crippen molar-refractivity contribution in [1.82, 2.24) is 10.3 Å². The lowest BCUT2D eigenvalue weighted by molar-refractivity contribution is -0.121. The first-order valence-electron chi connectivity index (χ1n) is 6.48. The maximum atomic E-state index is 12.7. The molecule has 2 aromatic rings. The van der Waals surface area contributed by atoms with Gasteiger partial charge in [-0.25, -0.2) is 9.37 Å². The Morgan fingerprint density at radius 1 is 1.30 bits per heavy atom. The van der Waals surface area contributed by atoms with Gasteiger partial charge in [-0.2, -0.15) is 0 Å². The summed E-state index contributed by atoms with van der Waals surface area (Å²) in [5.74, 6) is 0.938. The monoisotopic (exact) mass is 276 g/mol. The van der Waals surface area contributed by atoms with E-state index in [1.54, 1.807) is 19.1 Å². The van der Waals surface area contributed by atoms with E-state index in [9.17, 15) is 9.18 Å². The number of benzene rings is 1. The van der Waals surface area contributed by atoms with Crippen molar-refractivity contribution in [2.24, 2.45) is 0 Å². The van der Waals surface area contributed by atoms with Crippen molar-refractivity contribution in [2.75, 3.05) is 0 Å². The second-order valence-electron chi connectivity index (χ2n) is 4.64. The van der Waals surface area contributed by atoms with Gasteiger partial charge in [-0.1, -0.05) is 12.1 Å². The van der Waals surface area contributed by atoms with Crippen molar-refractivity contribution in [1.29, 1.82) is 0 Å². The molecule has 0 atom stereocenters. The lowest BCUT2D eigenvalue weighted by Crippen LogP contribution is -2.23. The summed E-state index contributed by atoms with van der Waals surface area (Å²) in [5, 5.41) is 2.79. The second kappa shape index (κ2) is 6.32. The van der Waals surface area contributed by atoms with Crippen molar-refractivity contribution in [3.8, 4) is 0 Å². The van der Waals surface area contributed by atoms with Gasteiger partial charge in [0.25, 0.3) is 0 Å². The summed E-state index contributed by atoms with van der Waals surface area (Å²) in [6, 6.07) is 6.17. The van der Waals surface area contributed by atoms with Crippen LogP contribution in [0.5, 0.6) is 0 Å². The van der Waals surface area contributed by atoms with Gasteiger partial charge in [0.15, 0.2) is 5.89 Å². The molecule has 0 saturated carbocycles. The maximum absolute atomic E-state index is 12.7. The molecule has 2 rings (SSSR count). The Kier molecular flexibility index (Phi) is 4.50. The summed E-state index contributed by atoms with van der Waals surface area (Å²) in [6.45, 7) is 3.96. The van der Waals surface area contributed by atoms with Gasteiger partial charge in [0.1, 0.15) is 11.6 Å². The van der Waals surface area contributed by atoms with Crippen LogP contribution < -0.4 is 5.32 Å². The zero-order chi connectivity index (χ0) is 14.5. The normalized spacial score (nSPS) is 10.6. The number of hydrogen-bond donors (Lipinski definition) is 1. The van der Waals surface area contributed by atoms with Crippen molar-refractivity contribution in [3.63, 3.8) is 0 Å². The highest BCUT2D eigenvalue weighted by atomic mass is 19.1. The number of carbonyl (C=O) groups is 1. The Bertz CT molecular complexity index is 590. The Hall–Kier alpha value is -2.17. The Labute approximate surface area is 117 Å². The molecule has 0 aliphatic heterocycles. The van der Waals surface area contributed by atoms with E-state index in [0.29, 0.717) is 31.0 Å². The Morgan fingerprint density at radius 3 is 2.60 bits per heavy atom. The molecule has 1 aromatic heterocycles. The largest absolute Gasteiger partial charge is 0.444 e. The number of amides is 1. The molecule has 1 heterocycles. The third-order valence-electron chi connectivity index (χ3n) is 3.00. The number of nitrogens with one attached hydrogen (secondary N) is 1. The summed E-state index contributed by atoms with van der Waals surface area (Å²) in [4.78, 5) is 15.9. The lowest BCUT2D eigenvalue weighted by atomic mass is 10.1. The number of carbonyl (C=O) groups excluding carboxylic acids is 1. The zero-order valence-electron chi connectivity index (χ0n) is 11.6. The van der Waals surface area contributed by atoms with E-state index in [1.165, 1.54) is 12.1 Å². The van der Waals surface area contributed by atoms with Gasteiger partial charge in [0.2, 0.25) is 5.91 Å². The van der Waals surface area contributed by atoms with Crippen LogP contribution in [0.1, 0.15) is 29.3 Å². The van der Waals surface area contributed by atoms with Gasteiger partial charge >= 0.3 is 0 Å². The van der Waals surface area contributed by atoms with Gasteiger partial charge in [0, 0.05) is 13.3 Å². The quantitative estimate of drug-likeness (QED) is 0.913. The van der Waals surface area contributed by atoms with Crippen LogP contribution in [0.15, 0.2) is 28.7 Å². The van der Waals surface area contributed by atoms with Crippen molar-refractivity contribution < 1.29 is 13.6 Å². The van der Waals surface area contributed by atoms with Crippen LogP contribution in [0.25, 0.3) is 0 Å². The van der Waals surface area contributed by atoms with E-state index in [-0.39, 0.29) is 11.7 Å². The first-order valence-corrected chi connectivity index (χ1v) is 6.48. The molecule has 20 heavy (non-hydrogen) atoms. The lowest BCUT2D eigenvalue weighted by Gasteiger charge is -2.04. The van der Waals surface area contributed by atoms with Crippen LogP contribution in [0.4, 0.5) is 4.39 Å². The number of oxazole rings is 1. The zero-order valence-corrected chi connectivity index (χ0v) is 11.6. The third kappa shape index (κ3) is 3.91. The average molecular weight is 276 g/mol. The summed E-state index contributed by atoms with van der Waals surface area (Å²) in [6.07, 6.45) is 0.943. The van der Waals surface area contributed by atoms with Gasteiger partial charge in [0.05, 0.1) is 12.2 Å². The van der Waals surface area contributed by atoms with Crippen molar-refractivity contribution in [3.05, 3.63) is 53.0 Å². The first kappa shape index (κ1) is 14.2. The molecule has 0 fully saturated rings. The number of rotatable bonds is 5. The molecule has 1 amide bonds. The molecule has 0 unspecified atom stereocenters. The fourth-order valence-electron chi connectivity index (χ4n) is 1.91. The topological polar surface area (TPSA) is 55.1 Å². The van der Waals surface area contributed by atoms with E-state index in [0.717, 1.165) is 11.3 Å². The summed E-state index contributed by atoms with van der Waals surface area (Å²) < 4.78 is 18.1. The molecule has 1 aromatic carbocycles. The minimum absolute atomic E-state index is 0.0669. The van der Waals surface area contributed by atoms with Crippen LogP contribution in [0, 0.1) is 19.7 Å². The van der Waals surface area contributed by atoms with E-state index in [2.05, 4.69) is 10.3 Å². The molecule has 4 nitrogen and oxygen atoms in total. The number of aryl methyl sites for hydroxylation is 3. The smallest absolute Gasteiger partial charge is 0.220 e. The standard InChI is InChI=1S/C15H17FN2O2/c1-10-14(20-11(2)18-10)9-17-15(19)8-5-12-3-6-13(16)7-4-12/h3-4,6-7H,5,8-9H2,1-2H3,(H,17,19). The number of hydrogen-bond acceptors (Lipinski definition) is 3. The molecule has 106 valence electrons. The van der Waals surface area contributed by atoms with Crippen LogP contribution in [0.2, 0.25) is 0 Å². The first-order chi connectivity index (χ1) is 9.54. The highest BCUT2D eigenvalue weighted by molar-refractivity contribution is 5.76. The van der Waals surface area contributed by atoms with Crippen LogP contribution in [-0.4, -0.2) is 10.9 Å². The molecule has 0 saturated heterocycles. The molecular formula is C15H17FN2O2. The van der Waals surface area contributed by atoms with E-state index in [4.69, 9.17) is 4.42 Å². The fourth-order valence-corrected chi connectivity index (χ4v) is 1.91. The molecule has 5 heteroatoms. The van der Waals surface area contributed by atoms with Crippen LogP contribution in [-0.2, 0) is 17.8 Å². The number of aromatic nitrogens is 1. The molecule has 0 aliphatic carbocycles. The highest BCUT2D eigenvalue weighted by Gasteiger charge is 2.08. The molecule has 1 N–H and O–H groups in total. The summed E-state index contributed by atoms with van der Waals surface area (Å²) in [5.41, 5.74) is 1.73. The van der Waals surface area contributed by atoms with Crippen LogP contribution >= 0.6 is 0 Å². The molecule has 0 bridgehead atoms. The minimum atomic E-state index is -0.269. The van der Waals surface area contributed by atoms with E-state index < -0.39 is 0 Å². The van der Waals surface area contributed by atoms with Crippen molar-refractivity contribution in [2.45, 2.75) is 33.2 Å². The van der Waals surface area contributed by atoms with Gasteiger partial charge < -0.3 is 9.73 Å². The molecule has 0 spiro atoms. The predicted octanol–water partition coefficient (Wildman–Crippen LogP) is 2.68. The van der Waals surface area contributed by atoms with E-state index >= 15 is 0 Å². The Balaban J connectivity index is 1.78. The third-order valence-corrected chi connectivity index (χ3v) is 3.00. The second-order valence-corrected chi connectivity index (χ2v) is 4.64. The fraction of sp³-hybridized carbons (Fsp3) is 0.333. The van der Waals surface area contributed by atoms with Crippen LogP contribution in [0.3, 0.4) is 0 Å². The van der Waals surface area contributed by atoms with E-state index in [1.807, 2.05) is 6.92 Å². The number of halogens is 1.